The molecule has 7 heteroatoms. The second-order valence-electron chi connectivity index (χ2n) is 6.75. The molecule has 0 saturated carbocycles. The first-order valence-electron chi connectivity index (χ1n) is 9.17. The smallest absolute Gasteiger partial charge is 0.387 e. The van der Waals surface area contributed by atoms with E-state index < -0.39 is 12.9 Å². The molecule has 1 aromatic rings. The third kappa shape index (κ3) is 5.36. The summed E-state index contributed by atoms with van der Waals surface area (Å²) in [5.74, 6) is 0.609. The molecule has 0 bridgehead atoms. The van der Waals surface area contributed by atoms with Crippen LogP contribution in [-0.4, -0.2) is 39.3 Å². The maximum Gasteiger partial charge on any atom is 0.387 e. The van der Waals surface area contributed by atoms with Gasteiger partial charge in [0.25, 0.3) is 0 Å². The Labute approximate surface area is 152 Å². The van der Waals surface area contributed by atoms with Gasteiger partial charge in [0.1, 0.15) is 5.75 Å². The molecule has 2 heterocycles. The highest BCUT2D eigenvalue weighted by Gasteiger charge is 2.34. The van der Waals surface area contributed by atoms with Gasteiger partial charge in [-0.3, -0.25) is 0 Å². The molecule has 0 atom stereocenters. The van der Waals surface area contributed by atoms with Crippen LogP contribution in [0, 0.1) is 11.8 Å². The van der Waals surface area contributed by atoms with E-state index in [9.17, 15) is 8.78 Å². The average Bonchev–Trinajstić information content (AvgIpc) is 2.67. The molecule has 0 radical (unpaired) electrons. The third-order valence-electron chi connectivity index (χ3n) is 4.64. The van der Waals surface area contributed by atoms with Gasteiger partial charge in [0.15, 0.2) is 12.6 Å². The Hall–Kier alpha value is -1.28. The first-order valence-corrected chi connectivity index (χ1v) is 9.17. The number of hydrogen-bond acceptors (Lipinski definition) is 5. The largest absolute Gasteiger partial charge is 0.435 e. The summed E-state index contributed by atoms with van der Waals surface area (Å²) in [6.07, 6.45) is 2.69. The fraction of sp³-hybridized carbons (Fsp3) is 0.684. The van der Waals surface area contributed by atoms with Crippen molar-refractivity contribution in [2.24, 2.45) is 11.8 Å². The summed E-state index contributed by atoms with van der Waals surface area (Å²) in [6.45, 7) is 1.71. The topological polar surface area (TPSA) is 46.2 Å². The quantitative estimate of drug-likeness (QED) is 0.720. The van der Waals surface area contributed by atoms with Crippen LogP contribution < -0.4 is 4.74 Å². The monoisotopic (exact) mass is 372 g/mol. The average molecular weight is 372 g/mol. The normalized spacial score (nSPS) is 29.7. The minimum atomic E-state index is -2.83. The van der Waals surface area contributed by atoms with Gasteiger partial charge < -0.3 is 23.7 Å². The molecule has 0 aliphatic carbocycles. The van der Waals surface area contributed by atoms with Crippen molar-refractivity contribution in [3.63, 3.8) is 0 Å². The zero-order valence-corrected chi connectivity index (χ0v) is 14.9. The number of benzene rings is 1. The highest BCUT2D eigenvalue weighted by Crippen LogP contribution is 2.30. The standard InChI is InChI=1S/C19H26F2O5/c1-2-3-4-13-9-22-18(23-10-13)15-11-24-17(25-12-15)14-5-7-16(8-6-14)26-19(20)21/h5-8,13,15,17-19H,2-4,9-12H2,1H3/t13-,15-,17-,18-. The Morgan fingerprint density at radius 1 is 1.00 bits per heavy atom. The van der Waals surface area contributed by atoms with Crippen LogP contribution in [0.15, 0.2) is 24.3 Å². The van der Waals surface area contributed by atoms with E-state index in [4.69, 9.17) is 18.9 Å². The molecule has 1 aromatic carbocycles. The first-order chi connectivity index (χ1) is 12.7. The van der Waals surface area contributed by atoms with Crippen molar-refractivity contribution in [3.05, 3.63) is 29.8 Å². The van der Waals surface area contributed by atoms with Crippen molar-refractivity contribution in [1.82, 2.24) is 0 Å². The molecule has 0 N–H and O–H groups in total. The lowest BCUT2D eigenvalue weighted by Gasteiger charge is -2.37. The van der Waals surface area contributed by atoms with Gasteiger partial charge in [-0.25, -0.2) is 0 Å². The number of halogens is 2. The van der Waals surface area contributed by atoms with E-state index in [2.05, 4.69) is 11.7 Å². The number of alkyl halides is 2. The number of ether oxygens (including phenoxy) is 5. The summed E-state index contributed by atoms with van der Waals surface area (Å²) in [6, 6.07) is 6.28. The molecule has 146 valence electrons. The van der Waals surface area contributed by atoms with Crippen LogP contribution in [0.3, 0.4) is 0 Å². The van der Waals surface area contributed by atoms with Gasteiger partial charge >= 0.3 is 6.61 Å². The highest BCUT2D eigenvalue weighted by atomic mass is 19.3. The first kappa shape index (κ1) is 19.5. The minimum Gasteiger partial charge on any atom is -0.435 e. The maximum absolute atomic E-state index is 12.2. The van der Waals surface area contributed by atoms with E-state index in [1.54, 1.807) is 12.1 Å². The van der Waals surface area contributed by atoms with Crippen LogP contribution in [-0.2, 0) is 18.9 Å². The fourth-order valence-corrected chi connectivity index (χ4v) is 3.16. The molecule has 0 amide bonds. The van der Waals surface area contributed by atoms with Crippen molar-refractivity contribution in [3.8, 4) is 5.75 Å². The number of hydrogen-bond donors (Lipinski definition) is 0. The van der Waals surface area contributed by atoms with E-state index in [1.807, 2.05) is 0 Å². The molecule has 5 nitrogen and oxygen atoms in total. The summed E-state index contributed by atoms with van der Waals surface area (Å²) >= 11 is 0. The lowest BCUT2D eigenvalue weighted by molar-refractivity contribution is -0.283. The zero-order valence-electron chi connectivity index (χ0n) is 14.9. The van der Waals surface area contributed by atoms with Crippen LogP contribution >= 0.6 is 0 Å². The van der Waals surface area contributed by atoms with E-state index in [0.717, 1.165) is 25.2 Å². The predicted molar refractivity (Wildman–Crippen MR) is 89.9 cm³/mol. The van der Waals surface area contributed by atoms with Crippen molar-refractivity contribution in [2.75, 3.05) is 26.4 Å². The van der Waals surface area contributed by atoms with Crippen molar-refractivity contribution in [1.29, 1.82) is 0 Å². The molecule has 0 aromatic heterocycles. The Balaban J connectivity index is 1.43. The van der Waals surface area contributed by atoms with E-state index in [-0.39, 0.29) is 18.0 Å². The third-order valence-corrected chi connectivity index (χ3v) is 4.64. The van der Waals surface area contributed by atoms with E-state index in [1.165, 1.54) is 25.0 Å². The molecule has 0 spiro atoms. The highest BCUT2D eigenvalue weighted by molar-refractivity contribution is 5.28. The van der Waals surface area contributed by atoms with E-state index in [0.29, 0.717) is 19.1 Å². The molecule has 26 heavy (non-hydrogen) atoms. The molecule has 3 rings (SSSR count). The van der Waals surface area contributed by atoms with E-state index >= 15 is 0 Å². The lowest BCUT2D eigenvalue weighted by Crippen LogP contribution is -2.43. The summed E-state index contributed by atoms with van der Waals surface area (Å²) in [4.78, 5) is 0. The fourth-order valence-electron chi connectivity index (χ4n) is 3.16. The Bertz CT molecular complexity index is 523. The van der Waals surface area contributed by atoms with Crippen molar-refractivity contribution in [2.45, 2.75) is 45.4 Å². The Morgan fingerprint density at radius 2 is 1.65 bits per heavy atom. The van der Waals surface area contributed by atoms with Gasteiger partial charge in [0.05, 0.1) is 32.3 Å². The van der Waals surface area contributed by atoms with Gasteiger partial charge in [0, 0.05) is 11.5 Å². The van der Waals surface area contributed by atoms with Gasteiger partial charge in [-0.1, -0.05) is 31.9 Å². The molecule has 2 fully saturated rings. The molecule has 2 saturated heterocycles. The zero-order chi connectivity index (χ0) is 18.4. The van der Waals surface area contributed by atoms with Crippen LogP contribution in [0.2, 0.25) is 0 Å². The summed E-state index contributed by atoms with van der Waals surface area (Å²) in [7, 11) is 0. The summed E-state index contributed by atoms with van der Waals surface area (Å²) in [5.41, 5.74) is 0.759. The predicted octanol–water partition coefficient (Wildman–Crippen LogP) is 4.13. The van der Waals surface area contributed by atoms with Crippen LogP contribution in [0.5, 0.6) is 5.75 Å². The second kappa shape index (κ2) is 9.60. The van der Waals surface area contributed by atoms with Gasteiger partial charge in [-0.05, 0) is 18.6 Å². The van der Waals surface area contributed by atoms with Gasteiger partial charge in [-0.2, -0.15) is 8.78 Å². The number of unbranched alkanes of at least 4 members (excludes halogenated alkanes) is 1. The maximum atomic E-state index is 12.2. The second-order valence-corrected chi connectivity index (χ2v) is 6.75. The summed E-state index contributed by atoms with van der Waals surface area (Å²) < 4.78 is 52.0. The molecule has 0 unspecified atom stereocenters. The molecular formula is C19H26F2O5. The van der Waals surface area contributed by atoms with Crippen molar-refractivity contribution >= 4 is 0 Å². The van der Waals surface area contributed by atoms with Crippen LogP contribution in [0.25, 0.3) is 0 Å². The lowest BCUT2D eigenvalue weighted by atomic mass is 10.0. The molecule has 2 aliphatic heterocycles. The van der Waals surface area contributed by atoms with Gasteiger partial charge in [-0.15, -0.1) is 0 Å². The molecular weight excluding hydrogens is 346 g/mol. The van der Waals surface area contributed by atoms with Crippen LogP contribution in [0.4, 0.5) is 8.78 Å². The summed E-state index contributed by atoms with van der Waals surface area (Å²) in [5, 5.41) is 0. The Kier molecular flexibility index (Phi) is 7.19. The SMILES string of the molecule is CCCC[C@H]1CO[C@H]([C@H]2CO[C@H](c3ccc(OC(F)F)cc3)OC2)OC1. The van der Waals surface area contributed by atoms with Crippen LogP contribution in [0.1, 0.15) is 38.0 Å². The number of rotatable bonds is 7. The molecule has 2 aliphatic rings. The van der Waals surface area contributed by atoms with Gasteiger partial charge in [0.2, 0.25) is 0 Å². The minimum absolute atomic E-state index is 0.0276. The Morgan fingerprint density at radius 3 is 2.23 bits per heavy atom. The van der Waals surface area contributed by atoms with Crippen molar-refractivity contribution < 1.29 is 32.5 Å².